The Morgan fingerprint density at radius 2 is 1.90 bits per heavy atom. The lowest BCUT2D eigenvalue weighted by Crippen LogP contribution is -2.47. The lowest BCUT2D eigenvalue weighted by molar-refractivity contribution is 0.628. The number of nitrogens with zero attached hydrogens (tertiary/aromatic N) is 6. The van der Waals surface area contributed by atoms with Crippen molar-refractivity contribution in [2.45, 2.75) is 11.3 Å². The molecule has 2 aliphatic heterocycles. The minimum Gasteiger partial charge on any atom is -0.353 e. The quantitative estimate of drug-likeness (QED) is 0.680. The molecule has 0 aliphatic carbocycles. The summed E-state index contributed by atoms with van der Waals surface area (Å²) >= 11 is 0. The molecule has 3 aromatic rings. The second kappa shape index (κ2) is 7.94. The standard InChI is InChI=1S/C20H20FN7OS/c21-14-2-1-3-15(12-14)24-19-18-16(5-11-30(18)29)25-20(26-19)28-9-7-27(8-10-28)17-4-6-22-13-23-17/h1-4,6,12-13H,5,7-11H2,(H,24,25,26). The third-order valence-corrected chi connectivity index (χ3v) is 6.68. The van der Waals surface area contributed by atoms with Gasteiger partial charge in [0.15, 0.2) is 5.82 Å². The molecule has 5 rings (SSSR count). The third kappa shape index (κ3) is 3.70. The van der Waals surface area contributed by atoms with Gasteiger partial charge in [0.1, 0.15) is 22.9 Å². The Balaban J connectivity index is 1.40. The molecule has 10 heteroatoms. The van der Waals surface area contributed by atoms with Crippen LogP contribution in [0.4, 0.5) is 27.7 Å². The van der Waals surface area contributed by atoms with Crippen LogP contribution >= 0.6 is 0 Å². The number of nitrogens with one attached hydrogen (secondary N) is 1. The number of anilines is 4. The summed E-state index contributed by atoms with van der Waals surface area (Å²) in [5.74, 6) is 2.20. The molecular weight excluding hydrogens is 405 g/mol. The number of benzene rings is 1. The highest BCUT2D eigenvalue weighted by atomic mass is 32.2. The average molecular weight is 425 g/mol. The van der Waals surface area contributed by atoms with Crippen LogP contribution in [0.1, 0.15) is 5.69 Å². The van der Waals surface area contributed by atoms with E-state index in [1.54, 1.807) is 24.7 Å². The molecule has 0 radical (unpaired) electrons. The molecule has 0 saturated carbocycles. The van der Waals surface area contributed by atoms with E-state index in [2.05, 4.69) is 30.1 Å². The number of aryl methyl sites for hydroxylation is 1. The van der Waals surface area contributed by atoms with E-state index in [0.717, 1.165) is 37.7 Å². The van der Waals surface area contributed by atoms with Crippen LogP contribution < -0.4 is 15.1 Å². The van der Waals surface area contributed by atoms with Gasteiger partial charge >= 0.3 is 0 Å². The van der Waals surface area contributed by atoms with Gasteiger partial charge in [0.25, 0.3) is 0 Å². The zero-order valence-corrected chi connectivity index (χ0v) is 17.0. The van der Waals surface area contributed by atoms with Crippen molar-refractivity contribution in [3.8, 4) is 0 Å². The van der Waals surface area contributed by atoms with Crippen LogP contribution in [0.25, 0.3) is 0 Å². The smallest absolute Gasteiger partial charge is 0.227 e. The summed E-state index contributed by atoms with van der Waals surface area (Å²) in [6.45, 7) is 3.06. The number of halogens is 1. The molecule has 0 bridgehead atoms. The second-order valence-electron chi connectivity index (χ2n) is 7.12. The lowest BCUT2D eigenvalue weighted by Gasteiger charge is -2.35. The van der Waals surface area contributed by atoms with Crippen LogP contribution in [0, 0.1) is 5.82 Å². The first-order valence-corrected chi connectivity index (χ1v) is 11.1. The van der Waals surface area contributed by atoms with Gasteiger partial charge in [-0.1, -0.05) is 6.07 Å². The molecule has 30 heavy (non-hydrogen) atoms. The van der Waals surface area contributed by atoms with Crippen molar-refractivity contribution in [1.82, 2.24) is 19.9 Å². The average Bonchev–Trinajstić information content (AvgIpc) is 3.15. The van der Waals surface area contributed by atoms with Crippen molar-refractivity contribution in [2.24, 2.45) is 0 Å². The van der Waals surface area contributed by atoms with Gasteiger partial charge in [-0.25, -0.2) is 19.3 Å². The minimum absolute atomic E-state index is 0.340. The van der Waals surface area contributed by atoms with E-state index in [-0.39, 0.29) is 5.82 Å². The first kappa shape index (κ1) is 18.9. The first-order chi connectivity index (χ1) is 14.7. The maximum atomic E-state index is 13.6. The largest absolute Gasteiger partial charge is 0.353 e. The van der Waals surface area contributed by atoms with E-state index >= 15 is 0 Å². The zero-order valence-electron chi connectivity index (χ0n) is 16.2. The van der Waals surface area contributed by atoms with Gasteiger partial charge in [-0.05, 0) is 24.3 Å². The van der Waals surface area contributed by atoms with E-state index in [0.29, 0.717) is 34.5 Å². The number of piperazine rings is 1. The SMILES string of the molecule is O=S1CCc2nc(N3CCN(c4ccncn4)CC3)nc(Nc3cccc(F)c3)c21. The normalized spacial score (nSPS) is 18.4. The fraction of sp³-hybridized carbons (Fsp3) is 0.300. The highest BCUT2D eigenvalue weighted by molar-refractivity contribution is 7.85. The Kier molecular flexibility index (Phi) is 4.99. The Hall–Kier alpha value is -3.14. The molecule has 1 fully saturated rings. The lowest BCUT2D eigenvalue weighted by atomic mass is 10.3. The van der Waals surface area contributed by atoms with Crippen LogP contribution in [0.3, 0.4) is 0 Å². The molecule has 4 heterocycles. The van der Waals surface area contributed by atoms with Crippen molar-refractivity contribution in [3.05, 3.63) is 54.4 Å². The van der Waals surface area contributed by atoms with Crippen molar-refractivity contribution >= 4 is 34.1 Å². The number of hydrogen-bond acceptors (Lipinski definition) is 8. The van der Waals surface area contributed by atoms with Gasteiger partial charge in [0.05, 0.1) is 16.5 Å². The molecule has 1 N–H and O–H groups in total. The molecule has 1 aromatic carbocycles. The highest BCUT2D eigenvalue weighted by Gasteiger charge is 2.28. The molecule has 0 spiro atoms. The highest BCUT2D eigenvalue weighted by Crippen LogP contribution is 2.32. The van der Waals surface area contributed by atoms with Crippen LogP contribution in [0.15, 0.2) is 47.8 Å². The fourth-order valence-corrected chi connectivity index (χ4v) is 5.03. The van der Waals surface area contributed by atoms with E-state index in [9.17, 15) is 8.60 Å². The monoisotopic (exact) mass is 425 g/mol. The summed E-state index contributed by atoms with van der Waals surface area (Å²) in [4.78, 5) is 22.6. The number of rotatable bonds is 4. The molecule has 1 unspecified atom stereocenters. The predicted molar refractivity (Wildman–Crippen MR) is 113 cm³/mol. The van der Waals surface area contributed by atoms with Gasteiger partial charge in [0, 0.05) is 50.2 Å². The Labute approximate surface area is 175 Å². The van der Waals surface area contributed by atoms with Crippen LogP contribution in [-0.4, -0.2) is 56.1 Å². The van der Waals surface area contributed by atoms with Gasteiger partial charge in [-0.2, -0.15) is 4.98 Å². The van der Waals surface area contributed by atoms with Crippen LogP contribution in [-0.2, 0) is 17.2 Å². The number of fused-ring (bicyclic) bond motifs is 1. The molecule has 2 aliphatic rings. The minimum atomic E-state index is -1.15. The number of hydrogen-bond donors (Lipinski definition) is 1. The summed E-state index contributed by atoms with van der Waals surface area (Å²) < 4.78 is 26.1. The van der Waals surface area contributed by atoms with Crippen molar-refractivity contribution in [2.75, 3.05) is 47.0 Å². The Bertz CT molecular complexity index is 1090. The van der Waals surface area contributed by atoms with Crippen LogP contribution in [0.2, 0.25) is 0 Å². The fourth-order valence-electron chi connectivity index (χ4n) is 3.72. The van der Waals surface area contributed by atoms with Gasteiger partial charge in [-0.3, -0.25) is 4.21 Å². The summed E-state index contributed by atoms with van der Waals surface area (Å²) in [5.41, 5.74) is 1.37. The molecule has 1 atom stereocenters. The summed E-state index contributed by atoms with van der Waals surface area (Å²) in [7, 11) is -1.15. The van der Waals surface area contributed by atoms with E-state index in [1.165, 1.54) is 12.1 Å². The Morgan fingerprint density at radius 1 is 1.07 bits per heavy atom. The summed E-state index contributed by atoms with van der Waals surface area (Å²) in [6.07, 6.45) is 3.94. The summed E-state index contributed by atoms with van der Waals surface area (Å²) in [6, 6.07) is 8.07. The van der Waals surface area contributed by atoms with E-state index in [4.69, 9.17) is 4.98 Å². The maximum Gasteiger partial charge on any atom is 0.227 e. The molecular formula is C20H20FN7OS. The number of aromatic nitrogens is 4. The van der Waals surface area contributed by atoms with E-state index < -0.39 is 10.8 Å². The van der Waals surface area contributed by atoms with Crippen molar-refractivity contribution in [3.63, 3.8) is 0 Å². The first-order valence-electron chi connectivity index (χ1n) is 9.75. The second-order valence-corrected chi connectivity index (χ2v) is 8.63. The topological polar surface area (TPSA) is 87.1 Å². The molecule has 154 valence electrons. The summed E-state index contributed by atoms with van der Waals surface area (Å²) in [5, 5.41) is 3.15. The van der Waals surface area contributed by atoms with Crippen molar-refractivity contribution in [1.29, 1.82) is 0 Å². The maximum absolute atomic E-state index is 13.6. The van der Waals surface area contributed by atoms with Gasteiger partial charge in [0.2, 0.25) is 5.95 Å². The Morgan fingerprint density at radius 3 is 2.67 bits per heavy atom. The predicted octanol–water partition coefficient (Wildman–Crippen LogP) is 2.14. The molecule has 8 nitrogen and oxygen atoms in total. The van der Waals surface area contributed by atoms with Crippen LogP contribution in [0.5, 0.6) is 0 Å². The molecule has 1 saturated heterocycles. The van der Waals surface area contributed by atoms with Gasteiger partial charge < -0.3 is 15.1 Å². The molecule has 2 aromatic heterocycles. The molecule has 0 amide bonds. The third-order valence-electron chi connectivity index (χ3n) is 5.22. The van der Waals surface area contributed by atoms with Gasteiger partial charge in [-0.15, -0.1) is 0 Å². The van der Waals surface area contributed by atoms with Crippen molar-refractivity contribution < 1.29 is 8.60 Å². The zero-order chi connectivity index (χ0) is 20.5. The van der Waals surface area contributed by atoms with E-state index in [1.807, 2.05) is 6.07 Å².